The zero-order valence-electron chi connectivity index (χ0n) is 23.1. The van der Waals surface area contributed by atoms with Crippen molar-refractivity contribution in [3.05, 3.63) is 39.7 Å². The molecule has 0 spiro atoms. The molecule has 1 aromatic carbocycles. The van der Waals surface area contributed by atoms with Crippen LogP contribution in [0.25, 0.3) is 5.76 Å². The molecule has 7 N–H and O–H groups in total. The third-order valence-electron chi connectivity index (χ3n) is 9.29. The van der Waals surface area contributed by atoms with Crippen LogP contribution in [-0.2, 0) is 27.3 Å². The number of nitrogens with one attached hydrogen (secondary N) is 1. The summed E-state index contributed by atoms with van der Waals surface area (Å²) in [4.78, 5) is 40.0. The van der Waals surface area contributed by atoms with Crippen molar-refractivity contribution in [2.45, 2.75) is 69.9 Å². The number of rotatable bonds is 6. The number of phenols is 1. The molecule has 10 heteroatoms. The number of amides is 1. The number of aliphatic hydroxyl groups excluding tert-OH is 2. The lowest BCUT2D eigenvalue weighted by Crippen LogP contribution is -2.58. The summed E-state index contributed by atoms with van der Waals surface area (Å²) in [6, 6.07) is 1.60. The van der Waals surface area contributed by atoms with E-state index in [2.05, 4.69) is 5.32 Å². The monoisotopic (exact) mass is 553 g/mol. The summed E-state index contributed by atoms with van der Waals surface area (Å²) >= 11 is 0. The van der Waals surface area contributed by atoms with Crippen molar-refractivity contribution in [2.75, 3.05) is 25.5 Å². The molecule has 1 aromatic rings. The van der Waals surface area contributed by atoms with E-state index in [1.54, 1.807) is 6.07 Å². The lowest BCUT2D eigenvalue weighted by molar-refractivity contribution is -0.147. The number of hydrogen-bond donors (Lipinski definition) is 6. The molecule has 0 bridgehead atoms. The molecule has 0 aromatic heterocycles. The zero-order valence-corrected chi connectivity index (χ0v) is 23.1. The fraction of sp³-hybridized carbons (Fsp3) is 0.567. The Kier molecular flexibility index (Phi) is 7.43. The predicted octanol–water partition coefficient (Wildman–Crippen LogP) is 2.55. The van der Waals surface area contributed by atoms with Crippen LogP contribution in [0.4, 0.5) is 5.69 Å². The number of aromatic hydroxyl groups is 1. The number of benzene rings is 1. The van der Waals surface area contributed by atoms with Crippen molar-refractivity contribution in [2.24, 2.45) is 23.5 Å². The van der Waals surface area contributed by atoms with E-state index in [0.29, 0.717) is 18.0 Å². The Morgan fingerprint density at radius 2 is 1.77 bits per heavy atom. The highest BCUT2D eigenvalue weighted by Crippen LogP contribution is 2.53. The van der Waals surface area contributed by atoms with E-state index in [-0.39, 0.29) is 36.1 Å². The van der Waals surface area contributed by atoms with Gasteiger partial charge in [-0.25, -0.2) is 0 Å². The summed E-state index contributed by atoms with van der Waals surface area (Å²) in [6.45, 7) is 1.41. The van der Waals surface area contributed by atoms with Crippen molar-refractivity contribution >= 4 is 28.9 Å². The molecular weight excluding hydrogens is 514 g/mol. The summed E-state index contributed by atoms with van der Waals surface area (Å²) in [6.07, 6.45) is 7.56. The van der Waals surface area contributed by atoms with Gasteiger partial charge in [0.05, 0.1) is 5.56 Å². The first-order valence-corrected chi connectivity index (χ1v) is 14.2. The highest BCUT2D eigenvalue weighted by molar-refractivity contribution is 6.22. The van der Waals surface area contributed by atoms with Crippen molar-refractivity contribution < 1.29 is 34.8 Å². The van der Waals surface area contributed by atoms with Gasteiger partial charge in [0, 0.05) is 44.2 Å². The number of nitrogens with zero attached hydrogens (tertiary/aromatic N) is 1. The Morgan fingerprint density at radius 3 is 2.40 bits per heavy atom. The summed E-state index contributed by atoms with van der Waals surface area (Å²) in [5.74, 6) is -5.59. The molecule has 10 nitrogen and oxygen atoms in total. The number of primary amides is 1. The van der Waals surface area contributed by atoms with Crippen LogP contribution in [0.5, 0.6) is 5.75 Å². The third-order valence-corrected chi connectivity index (χ3v) is 9.29. The van der Waals surface area contributed by atoms with E-state index < -0.39 is 52.0 Å². The maximum absolute atomic E-state index is 13.7. The molecule has 3 atom stereocenters. The van der Waals surface area contributed by atoms with E-state index in [1.807, 2.05) is 19.0 Å². The molecule has 216 valence electrons. The van der Waals surface area contributed by atoms with Gasteiger partial charge in [0.15, 0.2) is 11.4 Å². The lowest BCUT2D eigenvalue weighted by Gasteiger charge is -2.46. The minimum absolute atomic E-state index is 0.112. The molecule has 2 fully saturated rings. The number of Topliss-reactive ketones (excluding diaryl/α,β-unsaturated/α-hetero) is 2. The van der Waals surface area contributed by atoms with Crippen LogP contribution < -0.4 is 16.0 Å². The smallest absolute Gasteiger partial charge is 0.255 e. The Morgan fingerprint density at radius 1 is 1.10 bits per heavy atom. The van der Waals surface area contributed by atoms with E-state index in [4.69, 9.17) is 5.73 Å². The standard InChI is InChI=1S/C30H39N3O7/c1-33(2)25-17(14-32-13-15-7-5-3-4-6-8-15)11-20(34)23-19(25)10-16-9-18-12-21(35)24(29(31)39)28(38)30(18,40)27(37)22(16)26(23)36/h11,15-16,18,32,34,36,38,40H,3-10,12-14H2,1-2H3,(H2,31,39)/t16?,18-,30-/m0/s1. The van der Waals surface area contributed by atoms with Gasteiger partial charge in [-0.1, -0.05) is 25.7 Å². The highest BCUT2D eigenvalue weighted by Gasteiger charge is 2.60. The fourth-order valence-corrected chi connectivity index (χ4v) is 7.42. The number of anilines is 1. The van der Waals surface area contributed by atoms with Crippen molar-refractivity contribution in [3.8, 4) is 5.75 Å². The van der Waals surface area contributed by atoms with Crippen LogP contribution >= 0.6 is 0 Å². The number of phenolic OH excluding ortho intramolecular Hbond substituents is 1. The largest absolute Gasteiger partial charge is 0.508 e. The first kappa shape index (κ1) is 28.2. The number of aliphatic hydroxyl groups is 3. The molecule has 0 heterocycles. The molecule has 40 heavy (non-hydrogen) atoms. The van der Waals surface area contributed by atoms with Gasteiger partial charge < -0.3 is 36.4 Å². The summed E-state index contributed by atoms with van der Waals surface area (Å²) < 4.78 is 0. The van der Waals surface area contributed by atoms with Crippen LogP contribution in [-0.4, -0.2) is 64.1 Å². The second kappa shape index (κ2) is 10.6. The minimum atomic E-state index is -2.56. The Hall–Kier alpha value is -3.37. The van der Waals surface area contributed by atoms with Gasteiger partial charge in [0.1, 0.15) is 22.8 Å². The third kappa shape index (κ3) is 4.47. The normalized spacial score (nSPS) is 27.2. The van der Waals surface area contributed by atoms with Crippen LogP contribution in [0.15, 0.2) is 23.0 Å². The van der Waals surface area contributed by atoms with Crippen molar-refractivity contribution in [1.29, 1.82) is 0 Å². The quantitative estimate of drug-likeness (QED) is 0.229. The van der Waals surface area contributed by atoms with Gasteiger partial charge in [-0.3, -0.25) is 14.4 Å². The summed E-state index contributed by atoms with van der Waals surface area (Å²) in [5, 5.41) is 48.2. The summed E-state index contributed by atoms with van der Waals surface area (Å²) in [7, 11) is 3.77. The SMILES string of the molecule is CN(C)c1c(CNCC2CCCCCC2)cc(O)c2c1CC1C[C@H]3CC(=O)C(C(N)=O)=C(O)[C@@]3(O)C(=O)C1=C2O. The van der Waals surface area contributed by atoms with Crippen LogP contribution in [0.2, 0.25) is 0 Å². The molecule has 1 unspecified atom stereocenters. The first-order valence-electron chi connectivity index (χ1n) is 14.2. The molecule has 0 aliphatic heterocycles. The second-order valence-corrected chi connectivity index (χ2v) is 12.0. The van der Waals surface area contributed by atoms with Gasteiger partial charge in [0.2, 0.25) is 5.78 Å². The van der Waals surface area contributed by atoms with Crippen LogP contribution in [0.3, 0.4) is 0 Å². The van der Waals surface area contributed by atoms with Gasteiger partial charge in [-0.05, 0) is 61.3 Å². The topological polar surface area (TPSA) is 173 Å². The lowest BCUT2D eigenvalue weighted by atomic mass is 9.59. The van der Waals surface area contributed by atoms with Crippen molar-refractivity contribution in [1.82, 2.24) is 5.32 Å². The van der Waals surface area contributed by atoms with E-state index in [1.165, 1.54) is 38.5 Å². The summed E-state index contributed by atoms with van der Waals surface area (Å²) in [5.41, 5.74) is 4.27. The molecule has 1 amide bonds. The van der Waals surface area contributed by atoms with Gasteiger partial charge in [-0.15, -0.1) is 0 Å². The molecule has 4 aliphatic rings. The van der Waals surface area contributed by atoms with E-state index in [0.717, 1.165) is 17.8 Å². The number of carbonyl (C=O) groups is 3. The minimum Gasteiger partial charge on any atom is -0.508 e. The van der Waals surface area contributed by atoms with Gasteiger partial charge >= 0.3 is 0 Å². The Labute approximate surface area is 233 Å². The number of fused-ring (bicyclic) bond motifs is 3. The number of hydrogen-bond acceptors (Lipinski definition) is 9. The average molecular weight is 554 g/mol. The first-order chi connectivity index (χ1) is 19.0. The average Bonchev–Trinajstić information content (AvgIpc) is 3.14. The van der Waals surface area contributed by atoms with Gasteiger partial charge in [0.25, 0.3) is 5.91 Å². The van der Waals surface area contributed by atoms with Crippen LogP contribution in [0, 0.1) is 17.8 Å². The van der Waals surface area contributed by atoms with Crippen LogP contribution in [0.1, 0.15) is 68.1 Å². The maximum atomic E-state index is 13.7. The number of ketones is 2. The highest BCUT2D eigenvalue weighted by atomic mass is 16.3. The predicted molar refractivity (Wildman–Crippen MR) is 149 cm³/mol. The molecule has 5 rings (SSSR count). The molecule has 0 radical (unpaired) electrons. The Balaban J connectivity index is 1.52. The Bertz CT molecular complexity index is 1320. The zero-order chi connectivity index (χ0) is 28.9. The van der Waals surface area contributed by atoms with Gasteiger partial charge in [-0.2, -0.15) is 0 Å². The maximum Gasteiger partial charge on any atom is 0.255 e. The van der Waals surface area contributed by atoms with E-state index in [9.17, 15) is 34.8 Å². The molecule has 4 aliphatic carbocycles. The number of nitrogens with two attached hydrogens (primary N) is 1. The van der Waals surface area contributed by atoms with Crippen molar-refractivity contribution in [3.63, 3.8) is 0 Å². The molecule has 2 saturated carbocycles. The fourth-order valence-electron chi connectivity index (χ4n) is 7.42. The number of carbonyl (C=O) groups excluding carboxylic acids is 3. The molecule has 0 saturated heterocycles. The second-order valence-electron chi connectivity index (χ2n) is 12.0. The van der Waals surface area contributed by atoms with E-state index >= 15 is 0 Å². The molecular formula is C30H39N3O7.